The zero-order valence-corrected chi connectivity index (χ0v) is 11.3. The Kier molecular flexibility index (Phi) is 4.79. The molecule has 16 heavy (non-hydrogen) atoms. The van der Waals surface area contributed by atoms with Gasteiger partial charge in [0.25, 0.3) is 6.43 Å². The third-order valence-electron chi connectivity index (χ3n) is 1.88. The zero-order chi connectivity index (χ0) is 12.3. The lowest BCUT2D eigenvalue weighted by molar-refractivity contribution is 0.0592. The predicted octanol–water partition coefficient (Wildman–Crippen LogP) is 3.46. The molecule has 0 aromatic carbocycles. The van der Waals surface area contributed by atoms with Crippen LogP contribution in [0.1, 0.15) is 28.0 Å². The van der Waals surface area contributed by atoms with Gasteiger partial charge in [-0.1, -0.05) is 15.9 Å². The number of methoxy groups -OCH3 is 1. The van der Waals surface area contributed by atoms with Crippen molar-refractivity contribution in [2.24, 2.45) is 0 Å². The van der Waals surface area contributed by atoms with Crippen LogP contribution in [0.15, 0.2) is 10.7 Å². The third-order valence-corrected chi connectivity index (χ3v) is 3.29. The molecule has 0 bridgehead atoms. The van der Waals surface area contributed by atoms with Gasteiger partial charge in [0.2, 0.25) is 0 Å². The minimum Gasteiger partial charge on any atom is -0.464 e. The van der Waals surface area contributed by atoms with Crippen molar-refractivity contribution in [2.75, 3.05) is 7.11 Å². The van der Waals surface area contributed by atoms with E-state index in [-0.39, 0.29) is 21.1 Å². The second kappa shape index (κ2) is 5.67. The van der Waals surface area contributed by atoms with E-state index in [0.29, 0.717) is 5.56 Å². The van der Waals surface area contributed by atoms with E-state index >= 15 is 0 Å². The van der Waals surface area contributed by atoms with Crippen LogP contribution in [0.2, 0.25) is 0 Å². The summed E-state index contributed by atoms with van der Waals surface area (Å²) < 4.78 is 30.0. The highest BCUT2D eigenvalue weighted by atomic mass is 79.9. The number of halogens is 4. The van der Waals surface area contributed by atoms with Gasteiger partial charge >= 0.3 is 5.97 Å². The number of hydrogen-bond acceptors (Lipinski definition) is 3. The van der Waals surface area contributed by atoms with Gasteiger partial charge in [-0.3, -0.25) is 0 Å². The van der Waals surface area contributed by atoms with Crippen LogP contribution in [-0.2, 0) is 10.1 Å². The maximum absolute atomic E-state index is 12.8. The number of carbonyl (C=O) groups is 1. The first-order valence-electron chi connectivity index (χ1n) is 4.12. The van der Waals surface area contributed by atoms with Crippen LogP contribution in [0.4, 0.5) is 8.78 Å². The molecule has 0 saturated heterocycles. The summed E-state index contributed by atoms with van der Waals surface area (Å²) in [5.41, 5.74) is -0.0655. The van der Waals surface area contributed by atoms with Crippen molar-refractivity contribution in [1.29, 1.82) is 0 Å². The van der Waals surface area contributed by atoms with Gasteiger partial charge in [0.05, 0.1) is 11.6 Å². The van der Waals surface area contributed by atoms with Crippen LogP contribution in [0.3, 0.4) is 0 Å². The SMILES string of the molecule is COC(=O)c1ncc(CBr)c(C(F)F)c1Br. The van der Waals surface area contributed by atoms with E-state index in [4.69, 9.17) is 0 Å². The summed E-state index contributed by atoms with van der Waals surface area (Å²) in [6, 6.07) is 0. The normalized spacial score (nSPS) is 10.6. The number of alkyl halides is 3. The second-order valence-electron chi connectivity index (χ2n) is 2.79. The Balaban J connectivity index is 3.37. The highest BCUT2D eigenvalue weighted by Crippen LogP contribution is 2.33. The summed E-state index contributed by atoms with van der Waals surface area (Å²) in [7, 11) is 1.16. The van der Waals surface area contributed by atoms with Crippen molar-refractivity contribution in [3.8, 4) is 0 Å². The van der Waals surface area contributed by atoms with Gasteiger partial charge in [-0.15, -0.1) is 0 Å². The first-order valence-corrected chi connectivity index (χ1v) is 6.04. The molecule has 0 aliphatic rings. The van der Waals surface area contributed by atoms with E-state index in [9.17, 15) is 13.6 Å². The molecular formula is C9H7Br2F2NO2. The average molecular weight is 359 g/mol. The number of nitrogens with zero attached hydrogens (tertiary/aromatic N) is 1. The number of rotatable bonds is 3. The number of carbonyl (C=O) groups excluding carboxylic acids is 1. The standard InChI is InChI=1S/C9H7Br2F2NO2/c1-16-9(15)7-6(11)5(8(12)13)4(2-10)3-14-7/h3,8H,2H2,1H3. The zero-order valence-electron chi connectivity index (χ0n) is 8.14. The van der Waals surface area contributed by atoms with Crippen molar-refractivity contribution in [3.05, 3.63) is 27.5 Å². The first-order chi connectivity index (χ1) is 7.52. The van der Waals surface area contributed by atoms with Gasteiger partial charge in [0.15, 0.2) is 5.69 Å². The number of aromatic nitrogens is 1. The summed E-state index contributed by atoms with van der Waals surface area (Å²) in [6.45, 7) is 0. The Hall–Kier alpha value is -0.560. The lowest BCUT2D eigenvalue weighted by atomic mass is 10.1. The van der Waals surface area contributed by atoms with Crippen LogP contribution in [-0.4, -0.2) is 18.1 Å². The van der Waals surface area contributed by atoms with Gasteiger partial charge in [-0.25, -0.2) is 18.6 Å². The molecule has 0 aliphatic carbocycles. The highest BCUT2D eigenvalue weighted by Gasteiger charge is 2.23. The molecule has 3 nitrogen and oxygen atoms in total. The molecule has 0 amide bonds. The first kappa shape index (κ1) is 13.5. The van der Waals surface area contributed by atoms with E-state index < -0.39 is 12.4 Å². The van der Waals surface area contributed by atoms with Crippen molar-refractivity contribution in [1.82, 2.24) is 4.98 Å². The molecule has 0 radical (unpaired) electrons. The minimum absolute atomic E-state index is 0.0219. The summed E-state index contributed by atoms with van der Waals surface area (Å²) in [5, 5.41) is 0.236. The molecule has 0 spiro atoms. The molecule has 1 heterocycles. The van der Waals surface area contributed by atoms with E-state index in [1.807, 2.05) is 0 Å². The van der Waals surface area contributed by atoms with E-state index in [0.717, 1.165) is 7.11 Å². The molecule has 1 aromatic rings. The van der Waals surface area contributed by atoms with Crippen LogP contribution in [0.5, 0.6) is 0 Å². The molecule has 0 atom stereocenters. The molecule has 0 N–H and O–H groups in total. The molecule has 1 rings (SSSR count). The van der Waals surface area contributed by atoms with Crippen LogP contribution in [0.25, 0.3) is 0 Å². The van der Waals surface area contributed by atoms with Crippen LogP contribution in [0, 0.1) is 0 Å². The van der Waals surface area contributed by atoms with Gasteiger partial charge in [-0.05, 0) is 21.5 Å². The Morgan fingerprint density at radius 3 is 2.69 bits per heavy atom. The van der Waals surface area contributed by atoms with Crippen molar-refractivity contribution in [2.45, 2.75) is 11.8 Å². The molecule has 0 saturated carbocycles. The minimum atomic E-state index is -2.69. The smallest absolute Gasteiger partial charge is 0.357 e. The number of ether oxygens (including phenoxy) is 1. The summed E-state index contributed by atoms with van der Waals surface area (Å²) >= 11 is 6.03. The van der Waals surface area contributed by atoms with Gasteiger partial charge in [0, 0.05) is 17.1 Å². The van der Waals surface area contributed by atoms with Crippen molar-refractivity contribution >= 4 is 37.8 Å². The van der Waals surface area contributed by atoms with Crippen LogP contribution >= 0.6 is 31.9 Å². The highest BCUT2D eigenvalue weighted by molar-refractivity contribution is 9.10. The fourth-order valence-corrected chi connectivity index (χ4v) is 2.26. The monoisotopic (exact) mass is 357 g/mol. The lowest BCUT2D eigenvalue weighted by Gasteiger charge is -2.11. The maximum Gasteiger partial charge on any atom is 0.357 e. The Morgan fingerprint density at radius 1 is 1.62 bits per heavy atom. The predicted molar refractivity (Wildman–Crippen MR) is 60.9 cm³/mol. The number of esters is 1. The van der Waals surface area contributed by atoms with Gasteiger partial charge < -0.3 is 4.74 Å². The fraction of sp³-hybridized carbons (Fsp3) is 0.333. The Labute approximate surface area is 107 Å². The van der Waals surface area contributed by atoms with Crippen LogP contribution < -0.4 is 0 Å². The quantitative estimate of drug-likeness (QED) is 0.613. The maximum atomic E-state index is 12.8. The molecule has 7 heteroatoms. The van der Waals surface area contributed by atoms with E-state index in [1.54, 1.807) is 0 Å². The number of pyridine rings is 1. The number of hydrogen-bond donors (Lipinski definition) is 0. The fourth-order valence-electron chi connectivity index (χ4n) is 1.12. The van der Waals surface area contributed by atoms with Crippen molar-refractivity contribution < 1.29 is 18.3 Å². The van der Waals surface area contributed by atoms with Gasteiger partial charge in [-0.2, -0.15) is 0 Å². The second-order valence-corrected chi connectivity index (χ2v) is 4.14. The molecular weight excluding hydrogens is 352 g/mol. The average Bonchev–Trinajstić information content (AvgIpc) is 2.26. The molecule has 0 unspecified atom stereocenters. The summed E-state index contributed by atoms with van der Waals surface area (Å²) in [5.74, 6) is -0.755. The molecule has 88 valence electrons. The summed E-state index contributed by atoms with van der Waals surface area (Å²) in [4.78, 5) is 15.0. The third kappa shape index (κ3) is 2.57. The van der Waals surface area contributed by atoms with E-state index in [2.05, 4.69) is 41.6 Å². The van der Waals surface area contributed by atoms with E-state index in [1.165, 1.54) is 6.20 Å². The molecule has 1 aromatic heterocycles. The Bertz CT molecular complexity index is 413. The van der Waals surface area contributed by atoms with Gasteiger partial charge in [0.1, 0.15) is 0 Å². The Morgan fingerprint density at radius 2 is 2.25 bits per heavy atom. The topological polar surface area (TPSA) is 39.2 Å². The summed E-state index contributed by atoms with van der Waals surface area (Å²) in [6.07, 6.45) is -1.46. The molecule has 0 fully saturated rings. The van der Waals surface area contributed by atoms with Crippen molar-refractivity contribution in [3.63, 3.8) is 0 Å². The lowest BCUT2D eigenvalue weighted by Crippen LogP contribution is -2.09. The largest absolute Gasteiger partial charge is 0.464 e. The molecule has 0 aliphatic heterocycles.